The minimum atomic E-state index is -0.553. The van der Waals surface area contributed by atoms with E-state index in [1.165, 1.54) is 5.56 Å². The molecule has 0 aliphatic carbocycles. The second-order valence-electron chi connectivity index (χ2n) is 6.41. The predicted octanol–water partition coefficient (Wildman–Crippen LogP) is 3.46. The SMILES string of the molecule is CCC(C)C(NC(=O)c1ccccc1)C(=O)NCc1ccc(C)cc1. The van der Waals surface area contributed by atoms with E-state index in [1.807, 2.05) is 63.2 Å². The van der Waals surface area contributed by atoms with Crippen molar-refractivity contribution in [2.24, 2.45) is 5.92 Å². The quantitative estimate of drug-likeness (QED) is 0.812. The molecule has 0 spiro atoms. The summed E-state index contributed by atoms with van der Waals surface area (Å²) in [5.41, 5.74) is 2.78. The molecule has 0 saturated carbocycles. The zero-order valence-corrected chi connectivity index (χ0v) is 15.1. The van der Waals surface area contributed by atoms with Gasteiger partial charge in [-0.15, -0.1) is 0 Å². The molecular weight excluding hydrogens is 312 g/mol. The van der Waals surface area contributed by atoms with Crippen LogP contribution in [0.5, 0.6) is 0 Å². The van der Waals surface area contributed by atoms with E-state index >= 15 is 0 Å². The van der Waals surface area contributed by atoms with Gasteiger partial charge >= 0.3 is 0 Å². The van der Waals surface area contributed by atoms with Gasteiger partial charge in [-0.1, -0.05) is 68.3 Å². The van der Waals surface area contributed by atoms with Crippen molar-refractivity contribution >= 4 is 11.8 Å². The van der Waals surface area contributed by atoms with Crippen LogP contribution in [0.3, 0.4) is 0 Å². The third-order valence-electron chi connectivity index (χ3n) is 4.41. The Morgan fingerprint density at radius 1 is 1.00 bits per heavy atom. The summed E-state index contributed by atoms with van der Waals surface area (Å²) in [6, 6.07) is 16.4. The highest BCUT2D eigenvalue weighted by atomic mass is 16.2. The van der Waals surface area contributed by atoms with Crippen molar-refractivity contribution in [1.82, 2.24) is 10.6 Å². The van der Waals surface area contributed by atoms with Crippen molar-refractivity contribution in [2.75, 3.05) is 0 Å². The first-order valence-corrected chi connectivity index (χ1v) is 8.70. The highest BCUT2D eigenvalue weighted by Gasteiger charge is 2.26. The van der Waals surface area contributed by atoms with Gasteiger partial charge in [0.05, 0.1) is 0 Å². The Hall–Kier alpha value is -2.62. The number of aryl methyl sites for hydroxylation is 1. The first-order chi connectivity index (χ1) is 12.0. The van der Waals surface area contributed by atoms with E-state index in [2.05, 4.69) is 10.6 Å². The number of carbonyl (C=O) groups is 2. The molecule has 0 aromatic heterocycles. The first kappa shape index (κ1) is 18.7. The Morgan fingerprint density at radius 2 is 1.64 bits per heavy atom. The molecule has 2 unspecified atom stereocenters. The van der Waals surface area contributed by atoms with Crippen molar-refractivity contribution in [3.63, 3.8) is 0 Å². The molecule has 2 aromatic rings. The molecule has 2 N–H and O–H groups in total. The molecule has 2 amide bonds. The first-order valence-electron chi connectivity index (χ1n) is 8.70. The molecule has 0 radical (unpaired) electrons. The van der Waals surface area contributed by atoms with Gasteiger partial charge in [-0.3, -0.25) is 9.59 Å². The number of amides is 2. The van der Waals surface area contributed by atoms with Crippen LogP contribution in [0.4, 0.5) is 0 Å². The second kappa shape index (κ2) is 9.02. The summed E-state index contributed by atoms with van der Waals surface area (Å²) in [4.78, 5) is 25.0. The molecule has 2 atom stereocenters. The summed E-state index contributed by atoms with van der Waals surface area (Å²) in [7, 11) is 0. The molecule has 2 rings (SSSR count). The lowest BCUT2D eigenvalue weighted by Gasteiger charge is -2.23. The molecule has 0 aliphatic heterocycles. The van der Waals surface area contributed by atoms with Gasteiger partial charge in [-0.25, -0.2) is 0 Å². The average molecular weight is 338 g/mol. The van der Waals surface area contributed by atoms with Gasteiger partial charge in [0, 0.05) is 12.1 Å². The molecule has 0 aliphatic rings. The maximum Gasteiger partial charge on any atom is 0.251 e. The van der Waals surface area contributed by atoms with Crippen LogP contribution >= 0.6 is 0 Å². The van der Waals surface area contributed by atoms with Crippen LogP contribution in [0, 0.1) is 12.8 Å². The summed E-state index contributed by atoms with van der Waals surface area (Å²) >= 11 is 0. The van der Waals surface area contributed by atoms with Crippen molar-refractivity contribution < 1.29 is 9.59 Å². The van der Waals surface area contributed by atoms with E-state index in [0.717, 1.165) is 12.0 Å². The fourth-order valence-electron chi connectivity index (χ4n) is 2.52. The van der Waals surface area contributed by atoms with Gasteiger partial charge in [0.15, 0.2) is 0 Å². The van der Waals surface area contributed by atoms with E-state index < -0.39 is 6.04 Å². The minimum absolute atomic E-state index is 0.0469. The zero-order valence-electron chi connectivity index (χ0n) is 15.1. The van der Waals surface area contributed by atoms with E-state index in [9.17, 15) is 9.59 Å². The van der Waals surface area contributed by atoms with Crippen LogP contribution < -0.4 is 10.6 Å². The van der Waals surface area contributed by atoms with Gasteiger partial charge in [-0.05, 0) is 30.5 Å². The monoisotopic (exact) mass is 338 g/mol. The summed E-state index contributed by atoms with van der Waals surface area (Å²) in [6.45, 7) is 6.47. The van der Waals surface area contributed by atoms with Gasteiger partial charge in [0.25, 0.3) is 5.91 Å². The van der Waals surface area contributed by atoms with Gasteiger partial charge < -0.3 is 10.6 Å². The lowest BCUT2D eigenvalue weighted by Crippen LogP contribution is -2.50. The Labute approximate surface area is 149 Å². The molecule has 25 heavy (non-hydrogen) atoms. The summed E-state index contributed by atoms with van der Waals surface area (Å²) in [5, 5.41) is 5.82. The normalized spacial score (nSPS) is 12.9. The molecule has 0 heterocycles. The molecule has 132 valence electrons. The molecule has 0 saturated heterocycles. The Balaban J connectivity index is 2.01. The van der Waals surface area contributed by atoms with Gasteiger partial charge in [0.1, 0.15) is 6.04 Å². The highest BCUT2D eigenvalue weighted by Crippen LogP contribution is 2.10. The predicted molar refractivity (Wildman–Crippen MR) is 100 cm³/mol. The zero-order chi connectivity index (χ0) is 18.2. The summed E-state index contributed by atoms with van der Waals surface area (Å²) in [5.74, 6) is -0.332. The third-order valence-corrected chi connectivity index (χ3v) is 4.41. The lowest BCUT2D eigenvalue weighted by atomic mass is 9.97. The van der Waals surface area contributed by atoms with Crippen molar-refractivity contribution in [2.45, 2.75) is 39.8 Å². The Morgan fingerprint density at radius 3 is 2.24 bits per heavy atom. The maximum absolute atomic E-state index is 12.6. The number of hydrogen-bond donors (Lipinski definition) is 2. The lowest BCUT2D eigenvalue weighted by molar-refractivity contribution is -0.124. The number of nitrogens with one attached hydrogen (secondary N) is 2. The van der Waals surface area contributed by atoms with E-state index in [0.29, 0.717) is 12.1 Å². The maximum atomic E-state index is 12.6. The van der Waals surface area contributed by atoms with Crippen LogP contribution in [-0.4, -0.2) is 17.9 Å². The van der Waals surface area contributed by atoms with Crippen molar-refractivity contribution in [1.29, 1.82) is 0 Å². The Bertz CT molecular complexity index is 696. The average Bonchev–Trinajstić information content (AvgIpc) is 2.65. The number of carbonyl (C=O) groups excluding carboxylic acids is 2. The summed E-state index contributed by atoms with van der Waals surface area (Å²) < 4.78 is 0. The van der Waals surface area contributed by atoms with E-state index in [4.69, 9.17) is 0 Å². The third kappa shape index (κ3) is 5.45. The standard InChI is InChI=1S/C21H26N2O2/c1-4-16(3)19(23-20(24)18-8-6-5-7-9-18)21(25)22-14-17-12-10-15(2)11-13-17/h5-13,16,19H,4,14H2,1-3H3,(H,22,25)(H,23,24). The van der Waals surface area contributed by atoms with E-state index in [-0.39, 0.29) is 17.7 Å². The smallest absolute Gasteiger partial charge is 0.251 e. The molecule has 4 nitrogen and oxygen atoms in total. The van der Waals surface area contributed by atoms with Crippen LogP contribution in [0.2, 0.25) is 0 Å². The summed E-state index contributed by atoms with van der Waals surface area (Å²) in [6.07, 6.45) is 0.803. The molecular formula is C21H26N2O2. The molecule has 4 heteroatoms. The number of benzene rings is 2. The molecule has 0 fully saturated rings. The van der Waals surface area contributed by atoms with Crippen molar-refractivity contribution in [3.05, 3.63) is 71.3 Å². The highest BCUT2D eigenvalue weighted by molar-refractivity contribution is 5.97. The number of hydrogen-bond acceptors (Lipinski definition) is 2. The van der Waals surface area contributed by atoms with Crippen LogP contribution in [0.1, 0.15) is 41.8 Å². The Kier molecular flexibility index (Phi) is 6.75. The van der Waals surface area contributed by atoms with Crippen LogP contribution in [0.25, 0.3) is 0 Å². The molecule has 2 aromatic carbocycles. The van der Waals surface area contributed by atoms with Crippen molar-refractivity contribution in [3.8, 4) is 0 Å². The van der Waals surface area contributed by atoms with Gasteiger partial charge in [0.2, 0.25) is 5.91 Å². The largest absolute Gasteiger partial charge is 0.350 e. The fourth-order valence-corrected chi connectivity index (χ4v) is 2.52. The fraction of sp³-hybridized carbons (Fsp3) is 0.333. The topological polar surface area (TPSA) is 58.2 Å². The van der Waals surface area contributed by atoms with Crippen LogP contribution in [0.15, 0.2) is 54.6 Å². The minimum Gasteiger partial charge on any atom is -0.350 e. The van der Waals surface area contributed by atoms with E-state index in [1.54, 1.807) is 12.1 Å². The second-order valence-corrected chi connectivity index (χ2v) is 6.41. The van der Waals surface area contributed by atoms with Crippen LogP contribution in [-0.2, 0) is 11.3 Å². The number of rotatable bonds is 7. The molecule has 0 bridgehead atoms. The van der Waals surface area contributed by atoms with Gasteiger partial charge in [-0.2, -0.15) is 0 Å².